The third kappa shape index (κ3) is 6.74. The maximum atomic E-state index is 14.7. The van der Waals surface area contributed by atoms with Crippen LogP contribution in [0.5, 0.6) is 0 Å². The van der Waals surface area contributed by atoms with Crippen molar-refractivity contribution in [1.29, 1.82) is 0 Å². The zero-order valence-corrected chi connectivity index (χ0v) is 23.8. The number of unbranched alkanes of at least 4 members (excludes halogenated alkanes) is 1. The monoisotopic (exact) mass is 567 g/mol. The number of likely N-dealkylation sites (tertiary alicyclic amines) is 1. The van der Waals surface area contributed by atoms with Gasteiger partial charge in [-0.3, -0.25) is 9.69 Å². The number of aromatic nitrogens is 1. The van der Waals surface area contributed by atoms with Crippen molar-refractivity contribution < 1.29 is 28.5 Å². The molecule has 2 N–H and O–H groups in total. The van der Waals surface area contributed by atoms with Gasteiger partial charge in [0.2, 0.25) is 0 Å². The predicted molar refractivity (Wildman–Crippen MR) is 153 cm³/mol. The van der Waals surface area contributed by atoms with E-state index >= 15 is 0 Å². The second-order valence-corrected chi connectivity index (χ2v) is 12.0. The summed E-state index contributed by atoms with van der Waals surface area (Å²) in [7, 11) is 0. The van der Waals surface area contributed by atoms with Gasteiger partial charge in [0.25, 0.3) is 0 Å². The summed E-state index contributed by atoms with van der Waals surface area (Å²) in [5.74, 6) is 0.0616. The number of aryl methyl sites for hydroxylation is 2. The fourth-order valence-electron chi connectivity index (χ4n) is 6.96. The number of fused-ring (bicyclic) bond motifs is 2. The molecule has 1 aromatic carbocycles. The third-order valence-electron chi connectivity index (χ3n) is 9.19. The molecule has 5 heterocycles. The Hall–Kier alpha value is -2.59. The van der Waals surface area contributed by atoms with Crippen molar-refractivity contribution in [3.8, 4) is 0 Å². The molecule has 9 heteroatoms. The lowest BCUT2D eigenvalue weighted by atomic mass is 9.83. The summed E-state index contributed by atoms with van der Waals surface area (Å²) >= 11 is 0. The Morgan fingerprint density at radius 2 is 2.07 bits per heavy atom. The second kappa shape index (κ2) is 13.2. The standard InChI is InChI=1S/C32H42FN3O5/c33-24-16-23-20-41-29(21-9-14-39-15-10-21)18-27(23)28(17-24)30(32(37)38)36-12-8-26(19-36)40-13-2-1-5-25-7-6-22-4-3-11-34-31(22)35-25/h6-7,16-17,21,26,29-30H,1-5,8-15,18-20H2,(H,34,35)(H,37,38)/t26-,29?,30+/m1/s1. The Bertz CT molecular complexity index is 1220. The minimum atomic E-state index is -0.945. The number of nitrogens with one attached hydrogen (secondary N) is 1. The van der Waals surface area contributed by atoms with E-state index in [1.807, 2.05) is 4.90 Å². The molecule has 2 aromatic rings. The number of aliphatic carboxylic acids is 1. The maximum absolute atomic E-state index is 14.7. The normalized spacial score (nSPS) is 23.9. The lowest BCUT2D eigenvalue weighted by Crippen LogP contribution is -2.37. The van der Waals surface area contributed by atoms with Gasteiger partial charge in [-0.05, 0) is 104 Å². The summed E-state index contributed by atoms with van der Waals surface area (Å²) in [5.41, 5.74) is 4.69. The third-order valence-corrected chi connectivity index (χ3v) is 9.19. The average molecular weight is 568 g/mol. The van der Waals surface area contributed by atoms with Gasteiger partial charge in [0.05, 0.1) is 18.8 Å². The summed E-state index contributed by atoms with van der Waals surface area (Å²) in [5, 5.41) is 13.7. The van der Waals surface area contributed by atoms with Crippen molar-refractivity contribution in [3.63, 3.8) is 0 Å². The van der Waals surface area contributed by atoms with Gasteiger partial charge in [-0.2, -0.15) is 0 Å². The lowest BCUT2D eigenvalue weighted by molar-refractivity contribution is -0.143. The number of anilines is 1. The number of nitrogens with zero attached hydrogens (tertiary/aromatic N) is 2. The van der Waals surface area contributed by atoms with Crippen LogP contribution in [0.15, 0.2) is 24.3 Å². The number of carboxylic acid groups (broad SMARTS) is 1. The minimum absolute atomic E-state index is 0.00693. The molecule has 2 saturated heterocycles. The van der Waals surface area contributed by atoms with Gasteiger partial charge in [-0.25, -0.2) is 9.37 Å². The highest BCUT2D eigenvalue weighted by Crippen LogP contribution is 2.37. The average Bonchev–Trinajstić information content (AvgIpc) is 3.45. The summed E-state index contributed by atoms with van der Waals surface area (Å²) in [4.78, 5) is 19.4. The highest BCUT2D eigenvalue weighted by Gasteiger charge is 2.38. The number of pyridine rings is 1. The zero-order chi connectivity index (χ0) is 28.2. The van der Waals surface area contributed by atoms with Crippen LogP contribution >= 0.6 is 0 Å². The molecular formula is C32H42FN3O5. The number of rotatable bonds is 10. The number of carboxylic acids is 1. The summed E-state index contributed by atoms with van der Waals surface area (Å²) in [6.07, 6.45) is 8.33. The van der Waals surface area contributed by atoms with Crippen LogP contribution in [0.1, 0.15) is 72.5 Å². The molecule has 0 bridgehead atoms. The SMILES string of the molecule is O=C(O)[C@H](c1cc(F)cc2c1CC(C1CCOCC1)OC2)N1CC[C@@H](OCCCCc2ccc3c(n2)NCCC3)C1. The van der Waals surface area contributed by atoms with Crippen molar-refractivity contribution in [2.75, 3.05) is 44.8 Å². The van der Waals surface area contributed by atoms with E-state index < -0.39 is 17.8 Å². The van der Waals surface area contributed by atoms with Crippen LogP contribution < -0.4 is 5.32 Å². The van der Waals surface area contributed by atoms with Gasteiger partial charge >= 0.3 is 5.97 Å². The van der Waals surface area contributed by atoms with Crippen LogP contribution in [0.2, 0.25) is 0 Å². The number of carbonyl (C=O) groups is 1. The smallest absolute Gasteiger partial charge is 0.325 e. The van der Waals surface area contributed by atoms with Crippen molar-refractivity contribution in [3.05, 3.63) is 58.0 Å². The van der Waals surface area contributed by atoms with E-state index in [2.05, 4.69) is 17.4 Å². The quantitative estimate of drug-likeness (QED) is 0.400. The number of hydrogen-bond donors (Lipinski definition) is 2. The van der Waals surface area contributed by atoms with Gasteiger partial charge in [0, 0.05) is 45.1 Å². The van der Waals surface area contributed by atoms with Gasteiger partial charge in [0.1, 0.15) is 17.7 Å². The molecule has 4 aliphatic rings. The fourth-order valence-corrected chi connectivity index (χ4v) is 6.96. The highest BCUT2D eigenvalue weighted by atomic mass is 19.1. The van der Waals surface area contributed by atoms with E-state index in [0.717, 1.165) is 93.8 Å². The van der Waals surface area contributed by atoms with Crippen molar-refractivity contribution in [1.82, 2.24) is 9.88 Å². The molecule has 41 heavy (non-hydrogen) atoms. The second-order valence-electron chi connectivity index (χ2n) is 12.0. The highest BCUT2D eigenvalue weighted by molar-refractivity contribution is 5.76. The molecule has 3 atom stereocenters. The van der Waals surface area contributed by atoms with Gasteiger partial charge < -0.3 is 24.6 Å². The van der Waals surface area contributed by atoms with E-state index in [9.17, 15) is 14.3 Å². The first-order valence-electron chi connectivity index (χ1n) is 15.4. The largest absolute Gasteiger partial charge is 0.480 e. The Balaban J connectivity index is 1.04. The van der Waals surface area contributed by atoms with Crippen LogP contribution in [0.25, 0.3) is 0 Å². The first-order valence-corrected chi connectivity index (χ1v) is 15.4. The van der Waals surface area contributed by atoms with Gasteiger partial charge in [0.15, 0.2) is 0 Å². The van der Waals surface area contributed by atoms with E-state index in [1.165, 1.54) is 17.7 Å². The lowest BCUT2D eigenvalue weighted by Gasteiger charge is -2.36. The van der Waals surface area contributed by atoms with Crippen molar-refractivity contribution >= 4 is 11.8 Å². The molecule has 222 valence electrons. The summed E-state index contributed by atoms with van der Waals surface area (Å²) < 4.78 is 32.6. The molecule has 1 aromatic heterocycles. The molecule has 8 nitrogen and oxygen atoms in total. The van der Waals surface area contributed by atoms with E-state index in [1.54, 1.807) is 0 Å². The zero-order valence-electron chi connectivity index (χ0n) is 23.8. The Kier molecular flexibility index (Phi) is 9.15. The topological polar surface area (TPSA) is 93.2 Å². The van der Waals surface area contributed by atoms with E-state index in [-0.39, 0.29) is 12.2 Å². The van der Waals surface area contributed by atoms with E-state index in [4.69, 9.17) is 19.2 Å². The Morgan fingerprint density at radius 1 is 1.20 bits per heavy atom. The molecular weight excluding hydrogens is 525 g/mol. The Morgan fingerprint density at radius 3 is 2.93 bits per heavy atom. The van der Waals surface area contributed by atoms with Gasteiger partial charge in [-0.1, -0.05) is 6.07 Å². The molecule has 0 saturated carbocycles. The molecule has 0 radical (unpaired) electrons. The number of benzene rings is 1. The summed E-state index contributed by atoms with van der Waals surface area (Å²) in [6, 6.07) is 6.37. The molecule has 0 aliphatic carbocycles. The Labute approximate surface area is 241 Å². The molecule has 6 rings (SSSR count). The van der Waals surface area contributed by atoms with Gasteiger partial charge in [-0.15, -0.1) is 0 Å². The van der Waals surface area contributed by atoms with E-state index in [0.29, 0.717) is 44.2 Å². The number of hydrogen-bond acceptors (Lipinski definition) is 7. The molecule has 0 amide bonds. The molecule has 4 aliphatic heterocycles. The summed E-state index contributed by atoms with van der Waals surface area (Å²) in [6.45, 7) is 4.53. The predicted octanol–water partition coefficient (Wildman–Crippen LogP) is 4.69. The molecule has 1 unspecified atom stereocenters. The van der Waals surface area contributed by atoms with Crippen LogP contribution in [0.4, 0.5) is 10.2 Å². The minimum Gasteiger partial charge on any atom is -0.480 e. The maximum Gasteiger partial charge on any atom is 0.325 e. The van der Waals surface area contributed by atoms with Crippen molar-refractivity contribution in [2.45, 2.75) is 82.6 Å². The van der Waals surface area contributed by atoms with Crippen LogP contribution in [-0.2, 0) is 44.9 Å². The van der Waals surface area contributed by atoms with Crippen LogP contribution in [-0.4, -0.2) is 72.6 Å². The first-order chi connectivity index (χ1) is 20.0. The van der Waals surface area contributed by atoms with Crippen molar-refractivity contribution in [2.24, 2.45) is 5.92 Å². The number of halogens is 1. The molecule has 2 fully saturated rings. The van der Waals surface area contributed by atoms with Crippen LogP contribution in [0, 0.1) is 11.7 Å². The van der Waals surface area contributed by atoms with Crippen LogP contribution in [0.3, 0.4) is 0 Å². The molecule has 0 spiro atoms. The number of ether oxygens (including phenoxy) is 3. The first kappa shape index (κ1) is 28.5. The fraction of sp³-hybridized carbons (Fsp3) is 0.625.